The molecule has 0 radical (unpaired) electrons. The molecule has 6 heteroatoms. The van der Waals surface area contributed by atoms with E-state index in [9.17, 15) is 10.1 Å². The molecule has 0 aliphatic heterocycles. The molecule has 2 rings (SSSR count). The molecule has 0 amide bonds. The van der Waals surface area contributed by atoms with E-state index in [1.165, 1.54) is 12.8 Å². The van der Waals surface area contributed by atoms with Crippen molar-refractivity contribution in [2.45, 2.75) is 39.2 Å². The smallest absolute Gasteiger partial charge is 0.333 e. The lowest BCUT2D eigenvalue weighted by molar-refractivity contribution is -0.384. The minimum Gasteiger partial charge on any atom is -0.359 e. The fourth-order valence-corrected chi connectivity index (χ4v) is 2.22. The number of hydrogen-bond donors (Lipinski definition) is 1. The first-order valence-corrected chi connectivity index (χ1v) is 5.79. The molecule has 0 spiro atoms. The summed E-state index contributed by atoms with van der Waals surface area (Å²) >= 11 is 0. The van der Waals surface area contributed by atoms with Crippen molar-refractivity contribution in [1.82, 2.24) is 9.78 Å². The van der Waals surface area contributed by atoms with Gasteiger partial charge in [-0.1, -0.05) is 0 Å². The summed E-state index contributed by atoms with van der Waals surface area (Å²) < 4.78 is 1.55. The number of nitrogens with zero attached hydrogens (tertiary/aromatic N) is 3. The number of aryl methyl sites for hydroxylation is 2. The number of aromatic nitrogens is 2. The number of nitro groups is 1. The average molecular weight is 238 g/mol. The van der Waals surface area contributed by atoms with E-state index in [2.05, 4.69) is 24.3 Å². The highest BCUT2D eigenvalue weighted by Crippen LogP contribution is 2.42. The van der Waals surface area contributed by atoms with E-state index >= 15 is 0 Å². The molecule has 6 nitrogen and oxygen atoms in total. The summed E-state index contributed by atoms with van der Waals surface area (Å²) in [6.07, 6.45) is 2.37. The standard InChI is InChI=1S/C11H18N4O2/c1-7-9(15(16)17)10(14(4)13-7)12-11(2,3)8-5-6-8/h8,12H,5-6H2,1-4H3. The van der Waals surface area contributed by atoms with Crippen molar-refractivity contribution in [3.8, 4) is 0 Å². The molecule has 0 atom stereocenters. The molecule has 1 N–H and O–H groups in total. The van der Waals surface area contributed by atoms with Gasteiger partial charge in [0.1, 0.15) is 5.69 Å². The maximum Gasteiger partial charge on any atom is 0.333 e. The summed E-state index contributed by atoms with van der Waals surface area (Å²) in [6, 6.07) is 0. The highest BCUT2D eigenvalue weighted by atomic mass is 16.6. The molecule has 0 aromatic carbocycles. The monoisotopic (exact) mass is 238 g/mol. The van der Waals surface area contributed by atoms with E-state index < -0.39 is 0 Å². The van der Waals surface area contributed by atoms with Crippen LogP contribution in [0.3, 0.4) is 0 Å². The second-order valence-electron chi connectivity index (χ2n) is 5.28. The third-order valence-electron chi connectivity index (χ3n) is 3.41. The lowest BCUT2D eigenvalue weighted by Crippen LogP contribution is -2.34. The second kappa shape index (κ2) is 3.72. The van der Waals surface area contributed by atoms with Crippen LogP contribution in [0, 0.1) is 23.0 Å². The average Bonchev–Trinajstić information content (AvgIpc) is 2.95. The van der Waals surface area contributed by atoms with Gasteiger partial charge in [0.2, 0.25) is 5.82 Å². The van der Waals surface area contributed by atoms with Gasteiger partial charge in [-0.05, 0) is 39.5 Å². The maximum absolute atomic E-state index is 11.0. The van der Waals surface area contributed by atoms with Crippen molar-refractivity contribution in [2.24, 2.45) is 13.0 Å². The largest absolute Gasteiger partial charge is 0.359 e. The van der Waals surface area contributed by atoms with Gasteiger partial charge in [-0.15, -0.1) is 0 Å². The lowest BCUT2D eigenvalue weighted by Gasteiger charge is -2.26. The first kappa shape index (κ1) is 11.9. The van der Waals surface area contributed by atoms with Crippen LogP contribution in [0.25, 0.3) is 0 Å². The molecule has 0 unspecified atom stereocenters. The van der Waals surface area contributed by atoms with Crippen LogP contribution in [0.2, 0.25) is 0 Å². The Morgan fingerprint density at radius 1 is 1.53 bits per heavy atom. The summed E-state index contributed by atoms with van der Waals surface area (Å²) in [4.78, 5) is 10.7. The summed E-state index contributed by atoms with van der Waals surface area (Å²) in [5, 5.41) is 18.4. The SMILES string of the molecule is Cc1nn(C)c(NC(C)(C)C2CC2)c1[N+](=O)[O-]. The predicted octanol–water partition coefficient (Wildman–Crippen LogP) is 2.24. The van der Waals surface area contributed by atoms with Crippen LogP contribution >= 0.6 is 0 Å². The molecule has 94 valence electrons. The quantitative estimate of drug-likeness (QED) is 0.645. The number of nitrogens with one attached hydrogen (secondary N) is 1. The van der Waals surface area contributed by atoms with E-state index in [4.69, 9.17) is 0 Å². The van der Waals surface area contributed by atoms with E-state index in [1.54, 1.807) is 18.7 Å². The topological polar surface area (TPSA) is 73.0 Å². The second-order valence-corrected chi connectivity index (χ2v) is 5.28. The number of anilines is 1. The summed E-state index contributed by atoms with van der Waals surface area (Å²) in [7, 11) is 1.73. The number of rotatable bonds is 4. The molecule has 1 aromatic rings. The molecule has 1 saturated carbocycles. The van der Waals surface area contributed by atoms with Gasteiger partial charge < -0.3 is 5.32 Å². The molecular formula is C11H18N4O2. The molecule has 0 saturated heterocycles. The molecule has 0 bridgehead atoms. The van der Waals surface area contributed by atoms with Gasteiger partial charge in [-0.3, -0.25) is 10.1 Å². The molecule has 1 aliphatic carbocycles. The van der Waals surface area contributed by atoms with Gasteiger partial charge in [0.25, 0.3) is 0 Å². The molecule has 17 heavy (non-hydrogen) atoms. The van der Waals surface area contributed by atoms with Crippen LogP contribution in [0.4, 0.5) is 11.5 Å². The first-order chi connectivity index (χ1) is 7.83. The van der Waals surface area contributed by atoms with Gasteiger partial charge in [0.15, 0.2) is 0 Å². The van der Waals surface area contributed by atoms with Crippen LogP contribution in [-0.2, 0) is 7.05 Å². The van der Waals surface area contributed by atoms with E-state index in [1.807, 2.05) is 0 Å². The summed E-state index contributed by atoms with van der Waals surface area (Å²) in [6.45, 7) is 5.82. The normalized spacial score (nSPS) is 16.0. The van der Waals surface area contributed by atoms with Crippen molar-refractivity contribution in [3.63, 3.8) is 0 Å². The van der Waals surface area contributed by atoms with E-state index in [-0.39, 0.29) is 16.1 Å². The minimum absolute atomic E-state index is 0.0845. The Morgan fingerprint density at radius 3 is 2.59 bits per heavy atom. The van der Waals surface area contributed by atoms with Gasteiger partial charge in [0, 0.05) is 12.6 Å². The van der Waals surface area contributed by atoms with Gasteiger partial charge in [-0.2, -0.15) is 5.10 Å². The highest BCUT2D eigenvalue weighted by molar-refractivity contribution is 5.60. The van der Waals surface area contributed by atoms with Crippen molar-refractivity contribution in [1.29, 1.82) is 0 Å². The minimum atomic E-state index is -0.367. The Bertz CT molecular complexity index is 460. The fourth-order valence-electron chi connectivity index (χ4n) is 2.22. The zero-order valence-electron chi connectivity index (χ0n) is 10.6. The van der Waals surface area contributed by atoms with E-state index in [0.29, 0.717) is 17.4 Å². The Balaban J connectivity index is 2.34. The van der Waals surface area contributed by atoms with E-state index in [0.717, 1.165) is 0 Å². The summed E-state index contributed by atoms with van der Waals surface area (Å²) in [5.41, 5.74) is 0.415. The van der Waals surface area contributed by atoms with Gasteiger partial charge in [-0.25, -0.2) is 4.68 Å². The third-order valence-corrected chi connectivity index (χ3v) is 3.41. The van der Waals surface area contributed by atoms with Crippen molar-refractivity contribution < 1.29 is 4.92 Å². The Kier molecular flexibility index (Phi) is 2.60. The van der Waals surface area contributed by atoms with Gasteiger partial charge >= 0.3 is 5.69 Å². The van der Waals surface area contributed by atoms with Crippen LogP contribution in [0.1, 0.15) is 32.4 Å². The molecule has 1 aliphatic rings. The molecule has 1 fully saturated rings. The zero-order valence-corrected chi connectivity index (χ0v) is 10.6. The fraction of sp³-hybridized carbons (Fsp3) is 0.727. The Labute approximate surface area is 100 Å². The lowest BCUT2D eigenvalue weighted by atomic mass is 9.99. The third kappa shape index (κ3) is 2.11. The summed E-state index contributed by atoms with van der Waals surface area (Å²) in [5.74, 6) is 1.10. The van der Waals surface area contributed by atoms with Crippen molar-refractivity contribution in [3.05, 3.63) is 15.8 Å². The molecule has 1 aromatic heterocycles. The Morgan fingerprint density at radius 2 is 2.12 bits per heavy atom. The molecular weight excluding hydrogens is 220 g/mol. The maximum atomic E-state index is 11.0. The van der Waals surface area contributed by atoms with Crippen LogP contribution in [0.5, 0.6) is 0 Å². The molecule has 1 heterocycles. The first-order valence-electron chi connectivity index (χ1n) is 5.79. The van der Waals surface area contributed by atoms with Crippen LogP contribution in [0.15, 0.2) is 0 Å². The highest BCUT2D eigenvalue weighted by Gasteiger charge is 2.40. The zero-order chi connectivity index (χ0) is 12.8. The van der Waals surface area contributed by atoms with Crippen molar-refractivity contribution in [2.75, 3.05) is 5.32 Å². The Hall–Kier alpha value is -1.59. The number of hydrogen-bond acceptors (Lipinski definition) is 4. The van der Waals surface area contributed by atoms with Crippen LogP contribution in [-0.4, -0.2) is 20.2 Å². The van der Waals surface area contributed by atoms with Crippen LogP contribution < -0.4 is 5.32 Å². The van der Waals surface area contributed by atoms with Gasteiger partial charge in [0.05, 0.1) is 4.92 Å². The van der Waals surface area contributed by atoms with Crippen molar-refractivity contribution >= 4 is 11.5 Å². The predicted molar refractivity (Wildman–Crippen MR) is 65.0 cm³/mol.